The van der Waals surface area contributed by atoms with Crippen molar-refractivity contribution < 1.29 is 17.9 Å². The summed E-state index contributed by atoms with van der Waals surface area (Å²) in [6, 6.07) is 10.6. The van der Waals surface area contributed by atoms with Crippen LogP contribution in [0.2, 0.25) is 10.0 Å². The number of aromatic nitrogens is 2. The van der Waals surface area contributed by atoms with Crippen molar-refractivity contribution in [1.29, 1.82) is 0 Å². The molecular weight excluding hydrogens is 511 g/mol. The Balaban J connectivity index is 1.45. The third kappa shape index (κ3) is 5.80. The van der Waals surface area contributed by atoms with E-state index in [0.29, 0.717) is 16.6 Å². The summed E-state index contributed by atoms with van der Waals surface area (Å²) in [5.41, 5.74) is 4.04. The predicted molar refractivity (Wildman–Crippen MR) is 135 cm³/mol. The quantitative estimate of drug-likeness (QED) is 0.459. The highest BCUT2D eigenvalue weighted by molar-refractivity contribution is 7.90. The van der Waals surface area contributed by atoms with Crippen molar-refractivity contribution in [3.8, 4) is 5.75 Å². The van der Waals surface area contributed by atoms with Crippen molar-refractivity contribution in [2.45, 2.75) is 30.7 Å². The Morgan fingerprint density at radius 3 is 2.77 bits per heavy atom. The van der Waals surface area contributed by atoms with Gasteiger partial charge in [0.15, 0.2) is 0 Å². The normalized spacial score (nSPS) is 14.4. The Kier molecular flexibility index (Phi) is 7.69. The summed E-state index contributed by atoms with van der Waals surface area (Å²) in [6.07, 6.45) is 6.42. The number of fused-ring (bicyclic) bond motifs is 1. The van der Waals surface area contributed by atoms with Crippen LogP contribution >= 0.6 is 23.2 Å². The molecule has 11 heteroatoms. The fourth-order valence-corrected chi connectivity index (χ4v) is 5.59. The lowest BCUT2D eigenvalue weighted by molar-refractivity contribution is 0.247. The van der Waals surface area contributed by atoms with Gasteiger partial charge in [-0.15, -0.1) is 0 Å². The number of carbonyl (C=O) groups excluding carboxylic acids is 1. The first-order valence-corrected chi connectivity index (χ1v) is 13.1. The number of benzene rings is 2. The molecule has 2 aromatic carbocycles. The number of amides is 2. The average Bonchev–Trinajstić information content (AvgIpc) is 3.24. The standard InChI is InChI=1S/C24H24Cl2N4O4S/c1-34-21-7-2-3-8-22(21)35(32,33)29-24(31)27-12-11-16-5-4-6-17-14-28-30(23(16)17)15-18-9-10-19(25)13-20(18)26/h2-3,7-11,13-14H,4-6,12,15H2,1H3,(H2,27,29,31)/b16-11+. The second-order valence-electron chi connectivity index (χ2n) is 7.96. The molecule has 1 aromatic heterocycles. The highest BCUT2D eigenvalue weighted by Crippen LogP contribution is 2.32. The zero-order chi connectivity index (χ0) is 25.0. The van der Waals surface area contributed by atoms with E-state index in [2.05, 4.69) is 10.4 Å². The highest BCUT2D eigenvalue weighted by atomic mass is 35.5. The summed E-state index contributed by atoms with van der Waals surface area (Å²) in [5, 5.41) is 8.27. The van der Waals surface area contributed by atoms with Gasteiger partial charge in [-0.05, 0) is 60.2 Å². The van der Waals surface area contributed by atoms with Gasteiger partial charge in [0.05, 0.1) is 25.5 Å². The van der Waals surface area contributed by atoms with Gasteiger partial charge in [0, 0.05) is 16.6 Å². The first-order valence-electron chi connectivity index (χ1n) is 10.9. The monoisotopic (exact) mass is 534 g/mol. The number of hydrogen-bond donors (Lipinski definition) is 2. The Hall–Kier alpha value is -3.01. The van der Waals surface area contributed by atoms with Crippen LogP contribution in [0, 0.1) is 0 Å². The number of methoxy groups -OCH3 is 1. The Labute approximate surface area is 213 Å². The maximum atomic E-state index is 12.6. The van der Waals surface area contributed by atoms with Crippen molar-refractivity contribution in [2.24, 2.45) is 0 Å². The van der Waals surface area contributed by atoms with E-state index >= 15 is 0 Å². The second kappa shape index (κ2) is 10.7. The van der Waals surface area contributed by atoms with Crippen LogP contribution in [0.1, 0.15) is 29.7 Å². The summed E-state index contributed by atoms with van der Waals surface area (Å²) < 4.78 is 34.2. The smallest absolute Gasteiger partial charge is 0.328 e. The number of sulfonamides is 1. The molecule has 0 saturated carbocycles. The molecule has 0 atom stereocenters. The van der Waals surface area contributed by atoms with Gasteiger partial charge in [-0.25, -0.2) is 17.9 Å². The topological polar surface area (TPSA) is 102 Å². The fraction of sp³-hybridized carbons (Fsp3) is 0.250. The fourth-order valence-electron chi connectivity index (χ4n) is 4.02. The van der Waals surface area contributed by atoms with E-state index in [1.807, 2.05) is 27.7 Å². The van der Waals surface area contributed by atoms with Gasteiger partial charge in [-0.2, -0.15) is 5.10 Å². The maximum Gasteiger partial charge on any atom is 0.328 e. The van der Waals surface area contributed by atoms with Crippen LogP contribution in [0.5, 0.6) is 5.75 Å². The van der Waals surface area contributed by atoms with Crippen LogP contribution in [0.4, 0.5) is 4.79 Å². The number of allylic oxidation sites excluding steroid dienone is 1. The van der Waals surface area contributed by atoms with Crippen LogP contribution in [0.15, 0.2) is 59.6 Å². The first kappa shape index (κ1) is 25.1. The summed E-state index contributed by atoms with van der Waals surface area (Å²) in [6.45, 7) is 0.628. The zero-order valence-electron chi connectivity index (χ0n) is 18.9. The number of urea groups is 1. The summed E-state index contributed by atoms with van der Waals surface area (Å²) in [7, 11) is -2.72. The molecule has 8 nitrogen and oxygen atoms in total. The van der Waals surface area contributed by atoms with Gasteiger partial charge >= 0.3 is 6.03 Å². The minimum atomic E-state index is -4.09. The van der Waals surface area contributed by atoms with Crippen LogP contribution in [-0.4, -0.2) is 37.9 Å². The van der Waals surface area contributed by atoms with Gasteiger partial charge in [-0.3, -0.25) is 4.68 Å². The number of hydrogen-bond acceptors (Lipinski definition) is 5. The molecule has 2 amide bonds. The number of nitrogens with zero attached hydrogens (tertiary/aromatic N) is 2. The number of ether oxygens (including phenoxy) is 1. The average molecular weight is 535 g/mol. The van der Waals surface area contributed by atoms with Crippen molar-refractivity contribution >= 4 is 44.8 Å². The lowest BCUT2D eigenvalue weighted by Crippen LogP contribution is -2.39. The molecular formula is C24H24Cl2N4O4S. The number of carbonyl (C=O) groups is 1. The van der Waals surface area contributed by atoms with E-state index in [1.54, 1.807) is 24.3 Å². The largest absolute Gasteiger partial charge is 0.495 e. The minimum absolute atomic E-state index is 0.113. The van der Waals surface area contributed by atoms with E-state index < -0.39 is 16.1 Å². The predicted octanol–water partition coefficient (Wildman–Crippen LogP) is 4.65. The molecule has 0 fully saturated rings. The molecule has 0 bridgehead atoms. The number of halogens is 2. The molecule has 0 aliphatic heterocycles. The lowest BCUT2D eigenvalue weighted by atomic mass is 9.92. The molecule has 3 aromatic rings. The minimum Gasteiger partial charge on any atom is -0.495 e. The van der Waals surface area contributed by atoms with Gasteiger partial charge in [0.25, 0.3) is 10.0 Å². The van der Waals surface area contributed by atoms with Gasteiger partial charge in [0.1, 0.15) is 10.6 Å². The SMILES string of the molecule is COc1ccccc1S(=O)(=O)NC(=O)NC/C=C1\CCCc2cnn(Cc3ccc(Cl)cc3Cl)c21. The number of para-hydroxylation sites is 1. The molecule has 4 rings (SSSR count). The van der Waals surface area contributed by atoms with Crippen LogP contribution in [0.25, 0.3) is 5.57 Å². The summed E-state index contributed by atoms with van der Waals surface area (Å²) in [4.78, 5) is 12.2. The third-order valence-corrected chi connectivity index (χ3v) is 7.60. The molecule has 0 spiro atoms. The summed E-state index contributed by atoms with van der Waals surface area (Å²) >= 11 is 12.4. The van der Waals surface area contributed by atoms with Crippen LogP contribution < -0.4 is 14.8 Å². The Bertz CT molecular complexity index is 1390. The molecule has 35 heavy (non-hydrogen) atoms. The lowest BCUT2D eigenvalue weighted by Gasteiger charge is -2.18. The number of nitrogens with one attached hydrogen (secondary N) is 2. The van der Waals surface area contributed by atoms with E-state index in [-0.39, 0.29) is 17.2 Å². The van der Waals surface area contributed by atoms with E-state index in [4.69, 9.17) is 27.9 Å². The van der Waals surface area contributed by atoms with Gasteiger partial charge < -0.3 is 10.1 Å². The molecule has 0 unspecified atom stereocenters. The number of aryl methyl sites for hydroxylation is 1. The van der Waals surface area contributed by atoms with E-state index in [9.17, 15) is 13.2 Å². The molecule has 1 aliphatic carbocycles. The molecule has 0 saturated heterocycles. The van der Waals surface area contributed by atoms with E-state index in [1.165, 1.54) is 19.2 Å². The molecule has 0 radical (unpaired) electrons. The van der Waals surface area contributed by atoms with Crippen molar-refractivity contribution in [1.82, 2.24) is 19.8 Å². The second-order valence-corrected chi connectivity index (χ2v) is 10.5. The summed E-state index contributed by atoms with van der Waals surface area (Å²) in [5.74, 6) is 0.152. The first-order chi connectivity index (χ1) is 16.8. The Morgan fingerprint density at radius 2 is 2.00 bits per heavy atom. The van der Waals surface area contributed by atoms with E-state index in [0.717, 1.165) is 41.7 Å². The van der Waals surface area contributed by atoms with Gasteiger partial charge in [-0.1, -0.05) is 47.5 Å². The highest BCUT2D eigenvalue weighted by Gasteiger charge is 2.22. The van der Waals surface area contributed by atoms with Crippen molar-refractivity contribution in [3.63, 3.8) is 0 Å². The Morgan fingerprint density at radius 1 is 1.20 bits per heavy atom. The third-order valence-electron chi connectivity index (χ3n) is 5.64. The van der Waals surface area contributed by atoms with Gasteiger partial charge in [0.2, 0.25) is 0 Å². The molecule has 184 valence electrons. The molecule has 2 N–H and O–H groups in total. The van der Waals surface area contributed by atoms with Crippen LogP contribution in [-0.2, 0) is 23.0 Å². The molecule has 1 aliphatic rings. The van der Waals surface area contributed by atoms with Crippen molar-refractivity contribution in [2.75, 3.05) is 13.7 Å². The van der Waals surface area contributed by atoms with Crippen LogP contribution in [0.3, 0.4) is 0 Å². The molecule has 1 heterocycles. The van der Waals surface area contributed by atoms with Crippen molar-refractivity contribution in [3.05, 3.63) is 81.6 Å². The number of rotatable bonds is 7. The zero-order valence-corrected chi connectivity index (χ0v) is 21.3. The maximum absolute atomic E-state index is 12.6.